The standard InChI is InChI=1S/C17H21NO3/c1-10-6-5-7-14(8-10)9-21-17(20)16-11(2)15(13(4)19)12(3)18-16/h5-8,13,18-19H,9H2,1-4H3/t13-/m1/s1. The lowest BCUT2D eigenvalue weighted by Crippen LogP contribution is -2.07. The smallest absolute Gasteiger partial charge is 0.355 e. The Morgan fingerprint density at radius 3 is 2.62 bits per heavy atom. The molecule has 4 heteroatoms. The summed E-state index contributed by atoms with van der Waals surface area (Å²) >= 11 is 0. The fraction of sp³-hybridized carbons (Fsp3) is 0.353. The maximum atomic E-state index is 12.2. The van der Waals surface area contributed by atoms with Crippen molar-refractivity contribution in [3.05, 3.63) is 57.9 Å². The largest absolute Gasteiger partial charge is 0.456 e. The highest BCUT2D eigenvalue weighted by atomic mass is 16.5. The first-order valence-electron chi connectivity index (χ1n) is 7.00. The van der Waals surface area contributed by atoms with Gasteiger partial charge in [-0.05, 0) is 38.8 Å². The number of hydrogen-bond acceptors (Lipinski definition) is 3. The van der Waals surface area contributed by atoms with Gasteiger partial charge in [0.1, 0.15) is 12.3 Å². The molecule has 0 saturated heterocycles. The van der Waals surface area contributed by atoms with Crippen molar-refractivity contribution in [3.8, 4) is 0 Å². The molecule has 112 valence electrons. The SMILES string of the molecule is Cc1cccc(COC(=O)c2[nH]c(C)c([C@@H](C)O)c2C)c1. The average molecular weight is 287 g/mol. The quantitative estimate of drug-likeness (QED) is 0.848. The Hall–Kier alpha value is -2.07. The van der Waals surface area contributed by atoms with Crippen molar-refractivity contribution in [3.63, 3.8) is 0 Å². The van der Waals surface area contributed by atoms with Crippen molar-refractivity contribution < 1.29 is 14.6 Å². The summed E-state index contributed by atoms with van der Waals surface area (Å²) in [6, 6.07) is 7.85. The summed E-state index contributed by atoms with van der Waals surface area (Å²) in [7, 11) is 0. The molecule has 0 bridgehead atoms. The predicted octanol–water partition coefficient (Wildman–Crippen LogP) is 3.35. The molecule has 0 fully saturated rings. The third-order valence-electron chi connectivity index (χ3n) is 3.57. The number of ether oxygens (including phenoxy) is 1. The number of benzene rings is 1. The highest BCUT2D eigenvalue weighted by Crippen LogP contribution is 2.25. The molecule has 0 spiro atoms. The van der Waals surface area contributed by atoms with Crippen LogP contribution in [0.25, 0.3) is 0 Å². The lowest BCUT2D eigenvalue weighted by Gasteiger charge is -2.07. The molecule has 21 heavy (non-hydrogen) atoms. The van der Waals surface area contributed by atoms with Crippen LogP contribution >= 0.6 is 0 Å². The Bertz CT molecular complexity index is 656. The first-order chi connectivity index (χ1) is 9.90. The number of aromatic amines is 1. The topological polar surface area (TPSA) is 62.3 Å². The number of aliphatic hydroxyl groups is 1. The van der Waals surface area contributed by atoms with Crippen LogP contribution in [0.3, 0.4) is 0 Å². The molecule has 4 nitrogen and oxygen atoms in total. The Morgan fingerprint density at radius 2 is 2.05 bits per heavy atom. The fourth-order valence-electron chi connectivity index (χ4n) is 2.62. The third-order valence-corrected chi connectivity index (χ3v) is 3.57. The number of aromatic nitrogens is 1. The second-order valence-corrected chi connectivity index (χ2v) is 5.40. The van der Waals surface area contributed by atoms with E-state index in [0.717, 1.165) is 27.9 Å². The summed E-state index contributed by atoms with van der Waals surface area (Å²) in [5.74, 6) is -0.399. The van der Waals surface area contributed by atoms with Gasteiger partial charge in [-0.2, -0.15) is 0 Å². The van der Waals surface area contributed by atoms with Gasteiger partial charge in [0, 0.05) is 11.3 Å². The average Bonchev–Trinajstić information content (AvgIpc) is 2.71. The molecule has 0 radical (unpaired) electrons. The minimum absolute atomic E-state index is 0.238. The van der Waals surface area contributed by atoms with E-state index in [2.05, 4.69) is 4.98 Å². The van der Waals surface area contributed by atoms with E-state index in [1.165, 1.54) is 0 Å². The second kappa shape index (κ2) is 6.14. The minimum Gasteiger partial charge on any atom is -0.456 e. The molecule has 2 aromatic rings. The Kier molecular flexibility index (Phi) is 4.48. The molecule has 1 aromatic heterocycles. The van der Waals surface area contributed by atoms with Crippen LogP contribution in [-0.2, 0) is 11.3 Å². The molecule has 2 N–H and O–H groups in total. The van der Waals surface area contributed by atoms with Gasteiger partial charge in [0.25, 0.3) is 0 Å². The Labute approximate surface area is 124 Å². The summed E-state index contributed by atoms with van der Waals surface area (Å²) in [5.41, 5.74) is 4.81. The van der Waals surface area contributed by atoms with Crippen LogP contribution in [0.2, 0.25) is 0 Å². The van der Waals surface area contributed by atoms with E-state index in [1.807, 2.05) is 45.0 Å². The number of carbonyl (C=O) groups is 1. The first kappa shape index (κ1) is 15.3. The number of carbonyl (C=O) groups excluding carboxylic acids is 1. The van der Waals surface area contributed by atoms with Gasteiger partial charge in [-0.1, -0.05) is 29.8 Å². The maximum absolute atomic E-state index is 12.2. The summed E-state index contributed by atoms with van der Waals surface area (Å²) in [5, 5.41) is 9.75. The molecule has 0 aliphatic carbocycles. The van der Waals surface area contributed by atoms with E-state index in [4.69, 9.17) is 4.74 Å². The van der Waals surface area contributed by atoms with Crippen LogP contribution in [-0.4, -0.2) is 16.1 Å². The highest BCUT2D eigenvalue weighted by Gasteiger charge is 2.20. The monoisotopic (exact) mass is 287 g/mol. The zero-order chi connectivity index (χ0) is 15.6. The van der Waals surface area contributed by atoms with Crippen molar-refractivity contribution in [1.82, 2.24) is 4.98 Å². The number of H-pyrrole nitrogens is 1. The van der Waals surface area contributed by atoms with E-state index in [0.29, 0.717) is 5.69 Å². The van der Waals surface area contributed by atoms with Crippen molar-refractivity contribution in [2.75, 3.05) is 0 Å². The van der Waals surface area contributed by atoms with E-state index in [-0.39, 0.29) is 6.61 Å². The fourth-order valence-corrected chi connectivity index (χ4v) is 2.62. The molecule has 1 aromatic carbocycles. The number of esters is 1. The van der Waals surface area contributed by atoms with Crippen LogP contribution < -0.4 is 0 Å². The Morgan fingerprint density at radius 1 is 1.33 bits per heavy atom. The van der Waals surface area contributed by atoms with Gasteiger partial charge in [-0.3, -0.25) is 0 Å². The summed E-state index contributed by atoms with van der Waals surface area (Å²) in [6.07, 6.45) is -0.612. The molecule has 1 heterocycles. The van der Waals surface area contributed by atoms with Crippen molar-refractivity contribution in [1.29, 1.82) is 0 Å². The van der Waals surface area contributed by atoms with Crippen molar-refractivity contribution in [2.24, 2.45) is 0 Å². The van der Waals surface area contributed by atoms with E-state index in [9.17, 15) is 9.90 Å². The van der Waals surface area contributed by atoms with Gasteiger partial charge in [-0.15, -0.1) is 0 Å². The molecule has 0 aliphatic rings. The first-order valence-corrected chi connectivity index (χ1v) is 7.00. The van der Waals surface area contributed by atoms with Crippen molar-refractivity contribution >= 4 is 5.97 Å². The lowest BCUT2D eigenvalue weighted by atomic mass is 10.1. The number of nitrogens with one attached hydrogen (secondary N) is 1. The minimum atomic E-state index is -0.612. The van der Waals surface area contributed by atoms with Crippen LogP contribution in [0.15, 0.2) is 24.3 Å². The lowest BCUT2D eigenvalue weighted by molar-refractivity contribution is 0.0465. The van der Waals surface area contributed by atoms with Gasteiger partial charge >= 0.3 is 5.97 Å². The van der Waals surface area contributed by atoms with Gasteiger partial charge in [0.15, 0.2) is 0 Å². The van der Waals surface area contributed by atoms with Crippen LogP contribution in [0, 0.1) is 20.8 Å². The number of rotatable bonds is 4. The summed E-state index contributed by atoms with van der Waals surface area (Å²) in [6.45, 7) is 7.58. The van der Waals surface area contributed by atoms with E-state index < -0.39 is 12.1 Å². The molecule has 0 amide bonds. The zero-order valence-electron chi connectivity index (χ0n) is 12.9. The predicted molar refractivity (Wildman–Crippen MR) is 81.2 cm³/mol. The maximum Gasteiger partial charge on any atom is 0.355 e. The second-order valence-electron chi connectivity index (χ2n) is 5.40. The van der Waals surface area contributed by atoms with Gasteiger partial charge < -0.3 is 14.8 Å². The van der Waals surface area contributed by atoms with Gasteiger partial charge in [-0.25, -0.2) is 4.79 Å². The summed E-state index contributed by atoms with van der Waals surface area (Å²) in [4.78, 5) is 15.2. The molecular formula is C17H21NO3. The molecule has 0 unspecified atom stereocenters. The van der Waals surface area contributed by atoms with Gasteiger partial charge in [0.2, 0.25) is 0 Å². The molecule has 2 rings (SSSR count). The zero-order valence-corrected chi connectivity index (χ0v) is 12.9. The molecule has 0 aliphatic heterocycles. The van der Waals surface area contributed by atoms with E-state index in [1.54, 1.807) is 6.92 Å². The molecule has 0 saturated carbocycles. The van der Waals surface area contributed by atoms with Crippen molar-refractivity contribution in [2.45, 2.75) is 40.4 Å². The molecular weight excluding hydrogens is 266 g/mol. The number of aliphatic hydroxyl groups excluding tert-OH is 1. The molecule has 1 atom stereocenters. The summed E-state index contributed by atoms with van der Waals surface area (Å²) < 4.78 is 5.35. The van der Waals surface area contributed by atoms with Crippen LogP contribution in [0.5, 0.6) is 0 Å². The number of hydrogen-bond donors (Lipinski definition) is 2. The van der Waals surface area contributed by atoms with Gasteiger partial charge in [0.05, 0.1) is 6.10 Å². The van der Waals surface area contributed by atoms with Crippen LogP contribution in [0.1, 0.15) is 51.5 Å². The van der Waals surface area contributed by atoms with Crippen LogP contribution in [0.4, 0.5) is 0 Å². The number of aryl methyl sites for hydroxylation is 2. The Balaban J connectivity index is 2.12. The normalized spacial score (nSPS) is 12.2. The van der Waals surface area contributed by atoms with E-state index >= 15 is 0 Å². The highest BCUT2D eigenvalue weighted by molar-refractivity contribution is 5.89. The third kappa shape index (κ3) is 3.34.